The van der Waals surface area contributed by atoms with Gasteiger partial charge in [-0.2, -0.15) is 0 Å². The van der Waals surface area contributed by atoms with Gasteiger partial charge in [0.15, 0.2) is 0 Å². The van der Waals surface area contributed by atoms with Crippen LogP contribution in [0.25, 0.3) is 0 Å². The van der Waals surface area contributed by atoms with Crippen molar-refractivity contribution in [1.29, 1.82) is 0 Å². The number of aliphatic hydroxyl groups is 1. The van der Waals surface area contributed by atoms with Crippen molar-refractivity contribution in [2.75, 3.05) is 6.54 Å². The third-order valence-electron chi connectivity index (χ3n) is 3.72. The Morgan fingerprint density at radius 1 is 1.28 bits per heavy atom. The predicted molar refractivity (Wildman–Crippen MR) is 76.3 cm³/mol. The Bertz CT molecular complexity index is 416. The molecule has 100 valence electrons. The second-order valence-electron chi connectivity index (χ2n) is 5.21. The SMILES string of the molecule is CC(NCC1(O)CCCC1)c1ccc(Cl)c(Cl)c1. The van der Waals surface area contributed by atoms with Gasteiger partial charge in [-0.15, -0.1) is 0 Å². The quantitative estimate of drug-likeness (QED) is 0.879. The lowest BCUT2D eigenvalue weighted by molar-refractivity contribution is 0.0453. The van der Waals surface area contributed by atoms with E-state index >= 15 is 0 Å². The van der Waals surface area contributed by atoms with E-state index in [2.05, 4.69) is 12.2 Å². The monoisotopic (exact) mass is 287 g/mol. The normalized spacial score (nSPS) is 20.0. The van der Waals surface area contributed by atoms with E-state index in [4.69, 9.17) is 23.2 Å². The topological polar surface area (TPSA) is 32.3 Å². The molecule has 2 nitrogen and oxygen atoms in total. The van der Waals surface area contributed by atoms with Crippen molar-refractivity contribution in [1.82, 2.24) is 5.32 Å². The zero-order chi connectivity index (χ0) is 13.2. The van der Waals surface area contributed by atoms with Gasteiger partial charge in [0, 0.05) is 12.6 Å². The second-order valence-corrected chi connectivity index (χ2v) is 6.02. The molecule has 1 fully saturated rings. The molecule has 1 aromatic rings. The van der Waals surface area contributed by atoms with Crippen LogP contribution in [0.3, 0.4) is 0 Å². The summed E-state index contributed by atoms with van der Waals surface area (Å²) in [6, 6.07) is 5.80. The van der Waals surface area contributed by atoms with Gasteiger partial charge in [-0.3, -0.25) is 0 Å². The van der Waals surface area contributed by atoms with E-state index < -0.39 is 5.60 Å². The zero-order valence-corrected chi connectivity index (χ0v) is 12.1. The smallest absolute Gasteiger partial charge is 0.0771 e. The molecule has 1 unspecified atom stereocenters. The Balaban J connectivity index is 1.94. The molecule has 0 saturated heterocycles. The van der Waals surface area contributed by atoms with Crippen molar-refractivity contribution in [3.05, 3.63) is 33.8 Å². The Hall–Kier alpha value is -0.280. The molecule has 0 aromatic heterocycles. The molecule has 0 spiro atoms. The van der Waals surface area contributed by atoms with Gasteiger partial charge in [-0.05, 0) is 37.5 Å². The first-order chi connectivity index (χ1) is 8.50. The van der Waals surface area contributed by atoms with Gasteiger partial charge in [0.2, 0.25) is 0 Å². The summed E-state index contributed by atoms with van der Waals surface area (Å²) in [6.45, 7) is 2.70. The molecule has 18 heavy (non-hydrogen) atoms. The highest BCUT2D eigenvalue weighted by atomic mass is 35.5. The van der Waals surface area contributed by atoms with Crippen LogP contribution in [0, 0.1) is 0 Å². The van der Waals surface area contributed by atoms with E-state index in [9.17, 15) is 5.11 Å². The van der Waals surface area contributed by atoms with Crippen LogP contribution in [0.1, 0.15) is 44.2 Å². The van der Waals surface area contributed by atoms with Crippen molar-refractivity contribution in [3.63, 3.8) is 0 Å². The van der Waals surface area contributed by atoms with E-state index in [-0.39, 0.29) is 6.04 Å². The largest absolute Gasteiger partial charge is 0.389 e. The number of hydrogen-bond donors (Lipinski definition) is 2. The highest BCUT2D eigenvalue weighted by Gasteiger charge is 2.31. The van der Waals surface area contributed by atoms with Crippen LogP contribution < -0.4 is 5.32 Å². The Morgan fingerprint density at radius 2 is 1.94 bits per heavy atom. The molecule has 1 saturated carbocycles. The van der Waals surface area contributed by atoms with Crippen LogP contribution in [-0.2, 0) is 0 Å². The van der Waals surface area contributed by atoms with Gasteiger partial charge in [0.05, 0.1) is 15.6 Å². The van der Waals surface area contributed by atoms with Gasteiger partial charge in [0.25, 0.3) is 0 Å². The molecule has 1 aromatic carbocycles. The molecule has 1 atom stereocenters. The second kappa shape index (κ2) is 5.79. The summed E-state index contributed by atoms with van der Waals surface area (Å²) >= 11 is 11.9. The summed E-state index contributed by atoms with van der Waals surface area (Å²) in [5, 5.41) is 14.8. The van der Waals surface area contributed by atoms with E-state index in [1.54, 1.807) is 0 Å². The first kappa shape index (κ1) is 14.1. The fraction of sp³-hybridized carbons (Fsp3) is 0.571. The molecule has 2 N–H and O–H groups in total. The van der Waals surface area contributed by atoms with Crippen LogP contribution >= 0.6 is 23.2 Å². The molecule has 0 aliphatic heterocycles. The minimum atomic E-state index is -0.523. The minimum absolute atomic E-state index is 0.157. The maximum absolute atomic E-state index is 10.3. The van der Waals surface area contributed by atoms with Crippen LogP contribution in [0.4, 0.5) is 0 Å². The van der Waals surface area contributed by atoms with Gasteiger partial charge >= 0.3 is 0 Å². The van der Waals surface area contributed by atoms with Crippen molar-refractivity contribution < 1.29 is 5.11 Å². The molecule has 4 heteroatoms. The van der Waals surface area contributed by atoms with Crippen LogP contribution in [0.2, 0.25) is 10.0 Å². The van der Waals surface area contributed by atoms with E-state index in [1.807, 2.05) is 18.2 Å². The maximum atomic E-state index is 10.3. The van der Waals surface area contributed by atoms with Crippen molar-refractivity contribution in [2.24, 2.45) is 0 Å². The lowest BCUT2D eigenvalue weighted by Gasteiger charge is -2.25. The minimum Gasteiger partial charge on any atom is -0.389 e. The first-order valence-electron chi connectivity index (χ1n) is 6.41. The molecular formula is C14H19Cl2NO. The summed E-state index contributed by atoms with van der Waals surface area (Å²) in [5.41, 5.74) is 0.566. The van der Waals surface area contributed by atoms with E-state index in [0.29, 0.717) is 16.6 Å². The van der Waals surface area contributed by atoms with Crippen molar-refractivity contribution in [3.8, 4) is 0 Å². The van der Waals surface area contributed by atoms with Crippen LogP contribution in [0.5, 0.6) is 0 Å². The average Bonchev–Trinajstić information content (AvgIpc) is 2.77. The summed E-state index contributed by atoms with van der Waals surface area (Å²) < 4.78 is 0. The Morgan fingerprint density at radius 3 is 2.56 bits per heavy atom. The third-order valence-corrected chi connectivity index (χ3v) is 4.45. The molecule has 1 aliphatic rings. The molecule has 1 aliphatic carbocycles. The first-order valence-corrected chi connectivity index (χ1v) is 7.16. The number of nitrogens with one attached hydrogen (secondary N) is 1. The fourth-order valence-electron chi connectivity index (χ4n) is 2.45. The maximum Gasteiger partial charge on any atom is 0.0771 e. The van der Waals surface area contributed by atoms with Crippen LogP contribution in [0.15, 0.2) is 18.2 Å². The van der Waals surface area contributed by atoms with Crippen molar-refractivity contribution >= 4 is 23.2 Å². The van der Waals surface area contributed by atoms with E-state index in [0.717, 1.165) is 31.2 Å². The lowest BCUT2D eigenvalue weighted by Crippen LogP contribution is -2.39. The summed E-state index contributed by atoms with van der Waals surface area (Å²) in [7, 11) is 0. The standard InChI is InChI=1S/C14H19Cl2NO/c1-10(11-4-5-12(15)13(16)8-11)17-9-14(18)6-2-3-7-14/h4-5,8,10,17-18H,2-3,6-7,9H2,1H3. The molecule has 2 rings (SSSR count). The Labute approximate surface area is 118 Å². The molecular weight excluding hydrogens is 269 g/mol. The van der Waals surface area contributed by atoms with Crippen LogP contribution in [-0.4, -0.2) is 17.3 Å². The fourth-order valence-corrected chi connectivity index (χ4v) is 2.76. The highest BCUT2D eigenvalue weighted by molar-refractivity contribution is 6.42. The lowest BCUT2D eigenvalue weighted by atomic mass is 10.0. The highest BCUT2D eigenvalue weighted by Crippen LogP contribution is 2.30. The average molecular weight is 288 g/mol. The summed E-state index contributed by atoms with van der Waals surface area (Å²) in [5.74, 6) is 0. The van der Waals surface area contributed by atoms with Crippen molar-refractivity contribution in [2.45, 2.75) is 44.2 Å². The summed E-state index contributed by atoms with van der Waals surface area (Å²) in [4.78, 5) is 0. The summed E-state index contributed by atoms with van der Waals surface area (Å²) in [6.07, 6.45) is 4.04. The molecule has 0 heterocycles. The van der Waals surface area contributed by atoms with Gasteiger partial charge in [0.1, 0.15) is 0 Å². The molecule has 0 amide bonds. The zero-order valence-electron chi connectivity index (χ0n) is 10.5. The van der Waals surface area contributed by atoms with E-state index in [1.165, 1.54) is 0 Å². The Kier molecular flexibility index (Phi) is 4.54. The predicted octanol–water partition coefficient (Wildman–Crippen LogP) is 3.95. The number of benzene rings is 1. The number of halogens is 2. The number of hydrogen-bond acceptors (Lipinski definition) is 2. The van der Waals surface area contributed by atoms with Gasteiger partial charge < -0.3 is 10.4 Å². The number of rotatable bonds is 4. The van der Waals surface area contributed by atoms with Gasteiger partial charge in [-0.1, -0.05) is 42.1 Å². The molecule has 0 bridgehead atoms. The van der Waals surface area contributed by atoms with Gasteiger partial charge in [-0.25, -0.2) is 0 Å². The third kappa shape index (κ3) is 3.39. The molecule has 0 radical (unpaired) electrons.